The molecule has 1 saturated heterocycles. The molecule has 4 heterocycles. The largest absolute Gasteiger partial charge is 0.497 e. The third-order valence-electron chi connectivity index (χ3n) is 6.78. The fourth-order valence-electron chi connectivity index (χ4n) is 4.56. The number of carbonyl (C=O) groups excluding carboxylic acids is 3. The first-order valence-electron chi connectivity index (χ1n) is 12.9. The van der Waals surface area contributed by atoms with Crippen molar-refractivity contribution in [3.8, 4) is 5.75 Å². The molecule has 2 aliphatic rings. The molecule has 0 radical (unpaired) electrons. The standard InChI is InChI=1S/C26H27N7O8S3/c1-32-24(29-30-31-32)44-13-15-12-43-23-26(40-3,22(37)33(23)19(15)21(35)36)28-20(34)18(17-5-4-10-42-17)27-25(38)41-11-14-6-8-16(39-2)9-7-14/h4-10,18,23H,11-13H2,1-3H3,(H,27,38)(H,28,34)(H,35,36). The minimum Gasteiger partial charge on any atom is -0.497 e. The van der Waals surface area contributed by atoms with Crippen LogP contribution in [-0.4, -0.2) is 90.9 Å². The summed E-state index contributed by atoms with van der Waals surface area (Å²) >= 11 is 3.70. The molecule has 3 N–H and O–H groups in total. The number of aliphatic carboxylic acids is 1. The topological polar surface area (TPSA) is 187 Å². The van der Waals surface area contributed by atoms with Crippen molar-refractivity contribution in [3.63, 3.8) is 0 Å². The highest BCUT2D eigenvalue weighted by Gasteiger charge is 2.67. The van der Waals surface area contributed by atoms with E-state index in [1.165, 1.54) is 46.7 Å². The summed E-state index contributed by atoms with van der Waals surface area (Å²) in [6, 6.07) is 9.09. The van der Waals surface area contributed by atoms with Crippen molar-refractivity contribution in [3.05, 3.63) is 63.5 Å². The molecule has 1 fully saturated rings. The molecule has 0 saturated carbocycles. The second kappa shape index (κ2) is 13.2. The summed E-state index contributed by atoms with van der Waals surface area (Å²) in [7, 11) is 4.46. The number of alkyl carbamates (subject to hydrolysis) is 1. The maximum Gasteiger partial charge on any atom is 0.408 e. The fraction of sp³-hybridized carbons (Fsp3) is 0.346. The maximum atomic E-state index is 13.7. The van der Waals surface area contributed by atoms with Crippen LogP contribution in [0.2, 0.25) is 0 Å². The number of thioether (sulfide) groups is 2. The molecule has 18 heteroatoms. The Morgan fingerprint density at radius 1 is 1.23 bits per heavy atom. The third kappa shape index (κ3) is 6.10. The number of ether oxygens (including phenoxy) is 3. The predicted octanol–water partition coefficient (Wildman–Crippen LogP) is 1.75. The minimum atomic E-state index is -1.86. The average Bonchev–Trinajstić information content (AvgIpc) is 3.71. The van der Waals surface area contributed by atoms with E-state index in [0.29, 0.717) is 26.9 Å². The molecule has 2 aliphatic heterocycles. The SMILES string of the molecule is COc1ccc(COC(=O)NC(C(=O)NC2(OC)C(=O)N3C(C(=O)O)=C(CSc4nnnn4C)CSC32)c2cccs2)cc1. The zero-order chi connectivity index (χ0) is 31.4. The summed E-state index contributed by atoms with van der Waals surface area (Å²) in [5.41, 5.74) is -0.842. The lowest BCUT2D eigenvalue weighted by atomic mass is 9.97. The molecule has 44 heavy (non-hydrogen) atoms. The number of thiophene rings is 1. The van der Waals surface area contributed by atoms with Crippen LogP contribution in [0.15, 0.2) is 58.2 Å². The number of β-lactam (4-membered cyclic amide) rings is 1. The van der Waals surface area contributed by atoms with Crippen LogP contribution in [0.25, 0.3) is 0 Å². The molecule has 15 nitrogen and oxygen atoms in total. The Hall–Kier alpha value is -4.13. The van der Waals surface area contributed by atoms with Crippen LogP contribution >= 0.6 is 34.9 Å². The van der Waals surface area contributed by atoms with E-state index in [0.717, 1.165) is 4.90 Å². The highest BCUT2D eigenvalue weighted by molar-refractivity contribution is 8.01. The van der Waals surface area contributed by atoms with E-state index in [1.807, 2.05) is 0 Å². The first-order chi connectivity index (χ1) is 21.2. The van der Waals surface area contributed by atoms with Crippen LogP contribution in [-0.2, 0) is 37.5 Å². The first kappa shape index (κ1) is 31.3. The number of tetrazole rings is 1. The summed E-state index contributed by atoms with van der Waals surface area (Å²) < 4.78 is 17.5. The number of aromatic nitrogens is 4. The predicted molar refractivity (Wildman–Crippen MR) is 159 cm³/mol. The lowest BCUT2D eigenvalue weighted by molar-refractivity contribution is -0.192. The number of benzene rings is 1. The number of hydrogen-bond donors (Lipinski definition) is 3. The zero-order valence-electron chi connectivity index (χ0n) is 23.6. The Bertz CT molecular complexity index is 1580. The van der Waals surface area contributed by atoms with Gasteiger partial charge in [-0.1, -0.05) is 30.0 Å². The molecule has 2 aromatic heterocycles. The number of methoxy groups -OCH3 is 2. The minimum absolute atomic E-state index is 0.0547. The van der Waals surface area contributed by atoms with Crippen molar-refractivity contribution >= 4 is 58.7 Å². The maximum absolute atomic E-state index is 13.7. The van der Waals surface area contributed by atoms with Gasteiger partial charge in [0.2, 0.25) is 5.16 Å². The molecule has 5 rings (SSSR count). The van der Waals surface area contributed by atoms with Gasteiger partial charge in [0, 0.05) is 30.5 Å². The molecule has 3 unspecified atom stereocenters. The number of carboxylic acid groups (broad SMARTS) is 1. The van der Waals surface area contributed by atoms with Gasteiger partial charge < -0.3 is 30.0 Å². The number of hydrogen-bond acceptors (Lipinski definition) is 13. The highest BCUT2D eigenvalue weighted by Crippen LogP contribution is 2.47. The first-order valence-corrected chi connectivity index (χ1v) is 15.8. The Kier molecular flexibility index (Phi) is 9.42. The van der Waals surface area contributed by atoms with Crippen LogP contribution in [0.1, 0.15) is 16.5 Å². The van der Waals surface area contributed by atoms with Gasteiger partial charge >= 0.3 is 12.1 Å². The van der Waals surface area contributed by atoms with Gasteiger partial charge in [-0.15, -0.1) is 28.2 Å². The number of nitrogens with one attached hydrogen (secondary N) is 2. The van der Waals surface area contributed by atoms with E-state index in [1.54, 1.807) is 55.9 Å². The number of carboxylic acids is 1. The lowest BCUT2D eigenvalue weighted by Gasteiger charge is -2.56. The van der Waals surface area contributed by atoms with Crippen molar-refractivity contribution in [2.75, 3.05) is 25.7 Å². The van der Waals surface area contributed by atoms with Crippen LogP contribution in [0.3, 0.4) is 0 Å². The summed E-state index contributed by atoms with van der Waals surface area (Å²) in [6.45, 7) is -0.0547. The van der Waals surface area contributed by atoms with Crippen molar-refractivity contribution < 1.29 is 38.5 Å². The van der Waals surface area contributed by atoms with Crippen LogP contribution in [0.4, 0.5) is 4.79 Å². The molecule has 232 valence electrons. The Morgan fingerprint density at radius 3 is 2.61 bits per heavy atom. The number of carbonyl (C=O) groups is 4. The number of rotatable bonds is 12. The number of amides is 3. The number of nitrogens with zero attached hydrogens (tertiary/aromatic N) is 5. The molecule has 0 aliphatic carbocycles. The van der Waals surface area contributed by atoms with Gasteiger partial charge in [0.25, 0.3) is 17.5 Å². The lowest BCUT2D eigenvalue weighted by Crippen LogP contribution is -2.81. The zero-order valence-corrected chi connectivity index (χ0v) is 26.0. The quantitative estimate of drug-likeness (QED) is 0.145. The summed E-state index contributed by atoms with van der Waals surface area (Å²) in [4.78, 5) is 53.9. The molecule has 0 bridgehead atoms. The molecule has 0 spiro atoms. The number of aryl methyl sites for hydroxylation is 1. The van der Waals surface area contributed by atoms with Gasteiger partial charge in [-0.2, -0.15) is 0 Å². The van der Waals surface area contributed by atoms with Crippen LogP contribution in [0, 0.1) is 0 Å². The summed E-state index contributed by atoms with van der Waals surface area (Å²) in [6.07, 6.45) is -0.856. The molecule has 3 aromatic rings. The molecular formula is C26H27N7O8S3. The monoisotopic (exact) mass is 661 g/mol. The molecular weight excluding hydrogens is 635 g/mol. The molecule has 1 aromatic carbocycles. The van der Waals surface area contributed by atoms with E-state index in [-0.39, 0.29) is 23.8 Å². The Morgan fingerprint density at radius 2 is 2.00 bits per heavy atom. The van der Waals surface area contributed by atoms with Gasteiger partial charge in [-0.05, 0) is 45.1 Å². The molecule has 3 atom stereocenters. The normalized spacial score (nSPS) is 19.9. The van der Waals surface area contributed by atoms with Gasteiger partial charge in [0.15, 0.2) is 0 Å². The Balaban J connectivity index is 1.30. The summed E-state index contributed by atoms with van der Waals surface area (Å²) in [5, 5.41) is 27.8. The van der Waals surface area contributed by atoms with E-state index >= 15 is 0 Å². The van der Waals surface area contributed by atoms with Gasteiger partial charge in [0.1, 0.15) is 29.5 Å². The van der Waals surface area contributed by atoms with Crippen LogP contribution in [0.5, 0.6) is 5.75 Å². The second-order valence-electron chi connectivity index (χ2n) is 9.42. The van der Waals surface area contributed by atoms with Gasteiger partial charge in [-0.3, -0.25) is 14.5 Å². The number of fused-ring (bicyclic) bond motifs is 1. The van der Waals surface area contributed by atoms with E-state index in [4.69, 9.17) is 14.2 Å². The van der Waals surface area contributed by atoms with Crippen molar-refractivity contribution in [1.29, 1.82) is 0 Å². The van der Waals surface area contributed by atoms with Crippen molar-refractivity contribution in [2.45, 2.75) is 28.9 Å². The van der Waals surface area contributed by atoms with Crippen molar-refractivity contribution in [2.24, 2.45) is 7.05 Å². The van der Waals surface area contributed by atoms with Gasteiger partial charge in [-0.25, -0.2) is 14.3 Å². The van der Waals surface area contributed by atoms with E-state index < -0.39 is 41.0 Å². The van der Waals surface area contributed by atoms with Crippen molar-refractivity contribution in [1.82, 2.24) is 35.7 Å². The Labute approximate surface area is 263 Å². The van der Waals surface area contributed by atoms with E-state index in [9.17, 15) is 24.3 Å². The summed E-state index contributed by atoms with van der Waals surface area (Å²) in [5.74, 6) is -1.64. The average molecular weight is 662 g/mol. The smallest absolute Gasteiger partial charge is 0.408 e. The fourth-order valence-corrected chi connectivity index (χ4v) is 7.76. The molecule has 3 amide bonds. The van der Waals surface area contributed by atoms with E-state index in [2.05, 4.69) is 26.2 Å². The van der Waals surface area contributed by atoms with Crippen LogP contribution < -0.4 is 15.4 Å². The highest BCUT2D eigenvalue weighted by atomic mass is 32.2. The third-order valence-corrected chi connectivity index (χ3v) is 10.2. The second-order valence-corrected chi connectivity index (χ2v) is 12.4. The van der Waals surface area contributed by atoms with Gasteiger partial charge in [0.05, 0.1) is 7.11 Å².